The van der Waals surface area contributed by atoms with Crippen molar-refractivity contribution < 1.29 is 55.4 Å². The van der Waals surface area contributed by atoms with Crippen molar-refractivity contribution in [2.75, 3.05) is 39.6 Å². The van der Waals surface area contributed by atoms with E-state index in [0.29, 0.717) is 23.3 Å². The minimum absolute atomic E-state index is 0.0136. The van der Waals surface area contributed by atoms with E-state index in [1.165, 1.54) is 43.5 Å². The van der Waals surface area contributed by atoms with Gasteiger partial charge in [-0.05, 0) is 30.7 Å². The normalized spacial score (nSPS) is 12.6. The van der Waals surface area contributed by atoms with Crippen LogP contribution in [0.4, 0.5) is 23.7 Å². The molecule has 0 aliphatic carbocycles. The van der Waals surface area contributed by atoms with E-state index in [4.69, 9.17) is 19.7 Å². The topological polar surface area (TPSA) is 162 Å². The summed E-state index contributed by atoms with van der Waals surface area (Å²) in [5, 5.41) is 20.5. The smallest absolute Gasteiger partial charge is 0.430 e. The van der Waals surface area contributed by atoms with Gasteiger partial charge in [0, 0.05) is 5.69 Å². The molecule has 15 heteroatoms. The molecule has 1 aromatic carbocycles. The van der Waals surface area contributed by atoms with Crippen LogP contribution in [0, 0.1) is 0 Å². The second-order valence-corrected chi connectivity index (χ2v) is 11.4. The number of rotatable bonds is 15. The van der Waals surface area contributed by atoms with Crippen LogP contribution in [-0.4, -0.2) is 82.6 Å². The van der Waals surface area contributed by atoms with Crippen LogP contribution in [0.15, 0.2) is 29.2 Å². The SMILES string of the molecule is CCCCCCCCOC(=O)Nc1ccc(S(=O)(=O)N[C@H](CC(=O)O)C[N+](C)(C)C)cc1.O=C([O-])C(F)(F)F. The van der Waals surface area contributed by atoms with Crippen LogP contribution in [0.1, 0.15) is 51.9 Å². The van der Waals surface area contributed by atoms with Crippen molar-refractivity contribution in [3.05, 3.63) is 24.3 Å². The molecular weight excluding hydrogens is 547 g/mol. The van der Waals surface area contributed by atoms with Gasteiger partial charge >= 0.3 is 18.2 Å². The summed E-state index contributed by atoms with van der Waals surface area (Å²) < 4.78 is 65.0. The summed E-state index contributed by atoms with van der Waals surface area (Å²) in [6.45, 7) is 2.82. The lowest BCUT2D eigenvalue weighted by molar-refractivity contribution is -0.871. The first kappa shape index (κ1) is 36.1. The maximum absolute atomic E-state index is 12.7. The van der Waals surface area contributed by atoms with Crippen LogP contribution >= 0.6 is 0 Å². The third-order valence-corrected chi connectivity index (χ3v) is 6.42. The zero-order valence-electron chi connectivity index (χ0n) is 22.5. The largest absolute Gasteiger partial charge is 0.542 e. The summed E-state index contributed by atoms with van der Waals surface area (Å²) >= 11 is 0. The van der Waals surface area contributed by atoms with Gasteiger partial charge in [0.1, 0.15) is 5.97 Å². The average molecular weight is 586 g/mol. The van der Waals surface area contributed by atoms with Crippen molar-refractivity contribution in [2.24, 2.45) is 0 Å². The molecule has 39 heavy (non-hydrogen) atoms. The van der Waals surface area contributed by atoms with Crippen molar-refractivity contribution >= 4 is 33.7 Å². The summed E-state index contributed by atoms with van der Waals surface area (Å²) in [5.41, 5.74) is 0.408. The van der Waals surface area contributed by atoms with Crippen LogP contribution in [0.5, 0.6) is 0 Å². The number of carboxylic acids is 2. The minimum atomic E-state index is -5.19. The minimum Gasteiger partial charge on any atom is -0.542 e. The van der Waals surface area contributed by atoms with Crippen molar-refractivity contribution in [2.45, 2.75) is 69.0 Å². The summed E-state index contributed by atoms with van der Waals surface area (Å²) in [7, 11) is 1.65. The lowest BCUT2D eigenvalue weighted by Gasteiger charge is -2.29. The number of benzene rings is 1. The molecule has 224 valence electrons. The fourth-order valence-electron chi connectivity index (χ4n) is 3.22. The maximum Gasteiger partial charge on any atom is 0.430 e. The first-order valence-electron chi connectivity index (χ1n) is 12.2. The third-order valence-electron chi connectivity index (χ3n) is 4.88. The number of carbonyl (C=O) groups excluding carboxylic acids is 2. The monoisotopic (exact) mass is 585 g/mol. The van der Waals surface area contributed by atoms with E-state index in [1.807, 2.05) is 21.1 Å². The lowest BCUT2D eigenvalue weighted by atomic mass is 10.1. The van der Waals surface area contributed by atoms with E-state index in [-0.39, 0.29) is 11.3 Å². The molecule has 0 unspecified atom stereocenters. The van der Waals surface area contributed by atoms with E-state index in [0.717, 1.165) is 19.3 Å². The number of alkyl halides is 3. The van der Waals surface area contributed by atoms with Gasteiger partial charge in [0.15, 0.2) is 0 Å². The van der Waals surface area contributed by atoms with Crippen molar-refractivity contribution in [3.63, 3.8) is 0 Å². The predicted octanol–water partition coefficient (Wildman–Crippen LogP) is 2.72. The molecule has 0 saturated carbocycles. The fraction of sp³-hybridized carbons (Fsp3) is 0.625. The van der Waals surface area contributed by atoms with Gasteiger partial charge in [-0.2, -0.15) is 13.2 Å². The Kier molecular flexibility index (Phi) is 15.7. The molecule has 1 atom stereocenters. The third kappa shape index (κ3) is 18.1. The van der Waals surface area contributed by atoms with Crippen LogP contribution in [0.25, 0.3) is 0 Å². The van der Waals surface area contributed by atoms with Crippen molar-refractivity contribution in [1.29, 1.82) is 0 Å². The highest BCUT2D eigenvalue weighted by atomic mass is 32.2. The van der Waals surface area contributed by atoms with Gasteiger partial charge in [0.2, 0.25) is 10.0 Å². The summed E-state index contributed by atoms with van der Waals surface area (Å²) in [6.07, 6.45) is 0.460. The standard InChI is InChI=1S/C22H37N3O6S.C2HF3O2/c1-5-6-7-8-9-10-15-31-22(28)23-18-11-13-20(14-12-18)32(29,30)24-19(16-21(26)27)17-25(2,3)4;3-2(4,5)1(6)7/h11-14,19,24H,5-10,15-17H2,1-4H3,(H-,23,26,27,28);(H,6,7)/t19-;/m1./s1. The van der Waals surface area contributed by atoms with Crippen LogP contribution in [0.2, 0.25) is 0 Å². The molecule has 0 aromatic heterocycles. The molecule has 0 heterocycles. The van der Waals surface area contributed by atoms with Gasteiger partial charge in [-0.3, -0.25) is 10.1 Å². The molecule has 0 fully saturated rings. The lowest BCUT2D eigenvalue weighted by Crippen LogP contribution is -2.49. The number of ether oxygens (including phenoxy) is 1. The number of carboxylic acid groups (broad SMARTS) is 2. The number of nitrogens with one attached hydrogen (secondary N) is 2. The number of halogens is 3. The van der Waals surface area contributed by atoms with Crippen molar-refractivity contribution in [1.82, 2.24) is 4.72 Å². The molecular formula is C24H38F3N3O8S. The van der Waals surface area contributed by atoms with E-state index in [2.05, 4.69) is 17.0 Å². The zero-order chi connectivity index (χ0) is 30.3. The van der Waals surface area contributed by atoms with Crippen LogP contribution < -0.4 is 15.1 Å². The molecule has 11 nitrogen and oxygen atoms in total. The quantitative estimate of drug-likeness (QED) is 0.209. The highest BCUT2D eigenvalue weighted by Gasteiger charge is 2.29. The molecule has 0 spiro atoms. The molecule has 1 amide bonds. The highest BCUT2D eigenvalue weighted by molar-refractivity contribution is 7.89. The van der Waals surface area contributed by atoms with E-state index in [1.54, 1.807) is 0 Å². The van der Waals surface area contributed by atoms with Crippen LogP contribution in [-0.2, 0) is 24.3 Å². The van der Waals surface area contributed by atoms with E-state index < -0.39 is 40.3 Å². The van der Waals surface area contributed by atoms with Crippen LogP contribution in [0.3, 0.4) is 0 Å². The van der Waals surface area contributed by atoms with Gasteiger partial charge in [-0.1, -0.05) is 39.0 Å². The Morgan fingerprint density at radius 3 is 2.00 bits per heavy atom. The molecule has 3 N–H and O–H groups in total. The first-order valence-corrected chi connectivity index (χ1v) is 13.7. The number of aliphatic carboxylic acids is 2. The van der Waals surface area contributed by atoms with E-state index >= 15 is 0 Å². The number of hydrogen-bond donors (Lipinski definition) is 3. The fourth-order valence-corrected chi connectivity index (χ4v) is 4.45. The summed E-state index contributed by atoms with van der Waals surface area (Å²) in [5.74, 6) is -4.09. The van der Waals surface area contributed by atoms with Gasteiger partial charge < -0.3 is 24.2 Å². The average Bonchev–Trinajstić information content (AvgIpc) is 2.76. The number of unbranched alkanes of at least 4 members (excludes halogenated alkanes) is 5. The number of hydrogen-bond acceptors (Lipinski definition) is 7. The predicted molar refractivity (Wildman–Crippen MR) is 135 cm³/mol. The van der Waals surface area contributed by atoms with E-state index in [9.17, 15) is 31.2 Å². The van der Waals surface area contributed by atoms with Gasteiger partial charge in [-0.25, -0.2) is 17.9 Å². The number of sulfonamides is 1. The number of quaternary nitrogens is 1. The van der Waals surface area contributed by atoms with Gasteiger partial charge in [-0.15, -0.1) is 0 Å². The Morgan fingerprint density at radius 1 is 1.03 bits per heavy atom. The molecule has 1 aromatic rings. The van der Waals surface area contributed by atoms with Gasteiger partial charge in [0.25, 0.3) is 0 Å². The molecule has 0 radical (unpaired) electrons. The second kappa shape index (κ2) is 16.9. The second-order valence-electron chi connectivity index (χ2n) is 9.73. The molecule has 0 aliphatic rings. The molecule has 0 saturated heterocycles. The Balaban J connectivity index is 0.00000181. The molecule has 0 bridgehead atoms. The maximum atomic E-state index is 12.7. The summed E-state index contributed by atoms with van der Waals surface area (Å²) in [6, 6.07) is 4.89. The zero-order valence-corrected chi connectivity index (χ0v) is 23.4. The number of carbonyl (C=O) groups is 3. The number of amides is 1. The molecule has 1 rings (SSSR count). The Hall–Kier alpha value is -2.91. The van der Waals surface area contributed by atoms with Gasteiger partial charge in [0.05, 0.1) is 51.7 Å². The molecule has 0 aliphatic heterocycles. The highest BCUT2D eigenvalue weighted by Crippen LogP contribution is 2.16. The summed E-state index contributed by atoms with van der Waals surface area (Å²) in [4.78, 5) is 31.8. The first-order chi connectivity index (χ1) is 17.9. The number of likely N-dealkylation sites (N-methyl/N-ethyl adjacent to an activating group) is 1. The number of anilines is 1. The number of nitrogens with zero attached hydrogens (tertiary/aromatic N) is 1. The Morgan fingerprint density at radius 2 is 1.54 bits per heavy atom. The Labute approximate surface area is 227 Å². The Bertz CT molecular complexity index is 1010. The van der Waals surface area contributed by atoms with Crippen molar-refractivity contribution in [3.8, 4) is 0 Å².